The number of aryl methyl sites for hydroxylation is 1. The molecular weight excluding hydrogens is 319 g/mol. The van der Waals surface area contributed by atoms with E-state index in [1.165, 1.54) is 13.0 Å². The van der Waals surface area contributed by atoms with E-state index in [2.05, 4.69) is 20.7 Å². The van der Waals surface area contributed by atoms with Gasteiger partial charge in [-0.15, -0.1) is 0 Å². The third-order valence-electron chi connectivity index (χ3n) is 2.55. The van der Waals surface area contributed by atoms with Gasteiger partial charge in [-0.1, -0.05) is 23.2 Å². The quantitative estimate of drug-likeness (QED) is 0.448. The number of nitrogens with one attached hydrogen (secondary N) is 2. The molecule has 8 nitrogen and oxygen atoms in total. The van der Waals surface area contributed by atoms with Crippen LogP contribution in [0.15, 0.2) is 18.2 Å². The molecule has 0 atom stereocenters. The highest BCUT2D eigenvalue weighted by Crippen LogP contribution is 2.33. The lowest BCUT2D eigenvalue weighted by Gasteiger charge is -2.10. The van der Waals surface area contributed by atoms with Crippen LogP contribution in [0.2, 0.25) is 10.0 Å². The van der Waals surface area contributed by atoms with Gasteiger partial charge in [0, 0.05) is 5.02 Å². The van der Waals surface area contributed by atoms with E-state index in [0.29, 0.717) is 15.7 Å². The average Bonchev–Trinajstić information content (AvgIpc) is 2.40. The number of hydrogen-bond acceptors (Lipinski definition) is 7. The van der Waals surface area contributed by atoms with Gasteiger partial charge in [0.15, 0.2) is 0 Å². The fourth-order valence-electron chi connectivity index (χ4n) is 1.66. The van der Waals surface area contributed by atoms with Crippen molar-refractivity contribution in [3.8, 4) is 0 Å². The summed E-state index contributed by atoms with van der Waals surface area (Å²) in [6.07, 6.45) is 0. The summed E-state index contributed by atoms with van der Waals surface area (Å²) in [7, 11) is 0. The lowest BCUT2D eigenvalue weighted by molar-refractivity contribution is -0.385. The number of anilines is 3. The van der Waals surface area contributed by atoms with E-state index in [1.807, 2.05) is 0 Å². The van der Waals surface area contributed by atoms with Crippen LogP contribution in [0.25, 0.3) is 0 Å². The van der Waals surface area contributed by atoms with Gasteiger partial charge < -0.3 is 5.32 Å². The predicted molar refractivity (Wildman–Crippen MR) is 81.0 cm³/mol. The molecule has 0 radical (unpaired) electrons. The van der Waals surface area contributed by atoms with Crippen molar-refractivity contribution < 1.29 is 4.92 Å². The first-order valence-corrected chi connectivity index (χ1v) is 6.39. The van der Waals surface area contributed by atoms with Crippen molar-refractivity contribution in [2.75, 3.05) is 10.7 Å². The number of nitrogens with zero attached hydrogens (tertiary/aromatic N) is 3. The van der Waals surface area contributed by atoms with Gasteiger partial charge in [0.05, 0.1) is 15.6 Å². The first-order chi connectivity index (χ1) is 9.92. The van der Waals surface area contributed by atoms with Gasteiger partial charge in [-0.2, -0.15) is 4.98 Å². The molecule has 2 aromatic rings. The second kappa shape index (κ2) is 6.08. The maximum atomic E-state index is 11.2. The number of hydrazine groups is 1. The Bertz CT molecular complexity index is 709. The molecule has 0 unspecified atom stereocenters. The highest BCUT2D eigenvalue weighted by molar-refractivity contribution is 6.36. The van der Waals surface area contributed by atoms with Crippen molar-refractivity contribution in [1.29, 1.82) is 0 Å². The van der Waals surface area contributed by atoms with E-state index < -0.39 is 4.92 Å². The first-order valence-electron chi connectivity index (χ1n) is 5.64. The van der Waals surface area contributed by atoms with Crippen molar-refractivity contribution in [1.82, 2.24) is 9.97 Å². The van der Waals surface area contributed by atoms with Crippen molar-refractivity contribution in [2.45, 2.75) is 6.92 Å². The minimum absolute atomic E-state index is 0.0235. The molecule has 0 aliphatic rings. The Morgan fingerprint density at radius 1 is 1.33 bits per heavy atom. The van der Waals surface area contributed by atoms with Crippen molar-refractivity contribution >= 4 is 46.3 Å². The molecule has 0 amide bonds. The van der Waals surface area contributed by atoms with Gasteiger partial charge in [0.1, 0.15) is 5.69 Å². The van der Waals surface area contributed by atoms with Crippen LogP contribution in [0.1, 0.15) is 5.69 Å². The molecule has 110 valence electrons. The summed E-state index contributed by atoms with van der Waals surface area (Å²) < 4.78 is 0. The summed E-state index contributed by atoms with van der Waals surface area (Å²) in [5.41, 5.74) is 2.57. The van der Waals surface area contributed by atoms with Crippen LogP contribution in [0.4, 0.5) is 23.1 Å². The zero-order chi connectivity index (χ0) is 15.6. The van der Waals surface area contributed by atoms with E-state index in [-0.39, 0.29) is 23.1 Å². The number of nitrogen functional groups attached to an aromatic ring is 1. The number of nitrogens with two attached hydrogens (primary N) is 1. The fourth-order valence-corrected chi connectivity index (χ4v) is 2.11. The molecule has 10 heteroatoms. The molecule has 0 aliphatic heterocycles. The van der Waals surface area contributed by atoms with Crippen molar-refractivity contribution in [3.05, 3.63) is 44.1 Å². The fraction of sp³-hybridized carbons (Fsp3) is 0.0909. The zero-order valence-corrected chi connectivity index (χ0v) is 12.2. The van der Waals surface area contributed by atoms with Crippen LogP contribution < -0.4 is 16.6 Å². The molecule has 1 heterocycles. The highest BCUT2D eigenvalue weighted by atomic mass is 35.5. The SMILES string of the molecule is Cc1nc(NN)nc(Nc2ccc(Cl)cc2Cl)c1[N+](=O)[O-]. The highest BCUT2D eigenvalue weighted by Gasteiger charge is 2.22. The molecule has 1 aromatic carbocycles. The maximum absolute atomic E-state index is 11.2. The first kappa shape index (κ1) is 15.2. The standard InChI is InChI=1S/C11H10Cl2N6O2/c1-5-9(19(20)21)10(17-11(15-5)18-14)16-8-3-2-6(12)4-7(8)13/h2-4H,14H2,1H3,(H2,15,16,17,18). The van der Waals surface area contributed by atoms with Crippen LogP contribution in [-0.4, -0.2) is 14.9 Å². The number of benzene rings is 1. The smallest absolute Gasteiger partial charge is 0.332 e. The minimum Gasteiger partial charge on any atom is -0.333 e. The Kier molecular flexibility index (Phi) is 4.41. The van der Waals surface area contributed by atoms with Crippen LogP contribution in [0.3, 0.4) is 0 Å². The number of nitro groups is 1. The van der Waals surface area contributed by atoms with E-state index in [9.17, 15) is 10.1 Å². The van der Waals surface area contributed by atoms with Gasteiger partial charge in [-0.3, -0.25) is 15.5 Å². The molecule has 2 rings (SSSR count). The van der Waals surface area contributed by atoms with Crippen LogP contribution >= 0.6 is 23.2 Å². The summed E-state index contributed by atoms with van der Waals surface area (Å²) in [6, 6.07) is 4.69. The summed E-state index contributed by atoms with van der Waals surface area (Å²) in [4.78, 5) is 18.4. The third kappa shape index (κ3) is 3.30. The van der Waals surface area contributed by atoms with Crippen LogP contribution in [0, 0.1) is 17.0 Å². The lowest BCUT2D eigenvalue weighted by Crippen LogP contribution is -2.13. The number of halogens is 2. The summed E-state index contributed by atoms with van der Waals surface area (Å²) in [5.74, 6) is 5.26. The average molecular weight is 329 g/mol. The molecule has 0 saturated heterocycles. The molecular formula is C11H10Cl2N6O2. The lowest BCUT2D eigenvalue weighted by atomic mass is 10.3. The van der Waals surface area contributed by atoms with Crippen LogP contribution in [-0.2, 0) is 0 Å². The molecule has 0 fully saturated rings. The Hall–Kier alpha value is -2.16. The van der Waals surface area contributed by atoms with Gasteiger partial charge >= 0.3 is 5.69 Å². The number of hydrogen-bond donors (Lipinski definition) is 3. The van der Waals surface area contributed by atoms with E-state index in [4.69, 9.17) is 29.0 Å². The maximum Gasteiger partial charge on any atom is 0.332 e. The van der Waals surface area contributed by atoms with E-state index in [1.54, 1.807) is 12.1 Å². The largest absolute Gasteiger partial charge is 0.333 e. The molecule has 0 aliphatic carbocycles. The molecule has 0 bridgehead atoms. The number of aromatic nitrogens is 2. The van der Waals surface area contributed by atoms with Gasteiger partial charge in [-0.05, 0) is 25.1 Å². The molecule has 0 saturated carbocycles. The third-order valence-corrected chi connectivity index (χ3v) is 3.10. The zero-order valence-electron chi connectivity index (χ0n) is 10.7. The normalized spacial score (nSPS) is 10.3. The Labute approximate surface area is 129 Å². The van der Waals surface area contributed by atoms with Gasteiger partial charge in [-0.25, -0.2) is 10.8 Å². The Morgan fingerprint density at radius 3 is 2.62 bits per heavy atom. The van der Waals surface area contributed by atoms with Gasteiger partial charge in [0.2, 0.25) is 11.8 Å². The predicted octanol–water partition coefficient (Wildman–Crippen LogP) is 3.03. The molecule has 21 heavy (non-hydrogen) atoms. The van der Waals surface area contributed by atoms with Gasteiger partial charge in [0.25, 0.3) is 0 Å². The Morgan fingerprint density at radius 2 is 2.05 bits per heavy atom. The summed E-state index contributed by atoms with van der Waals surface area (Å²) in [5, 5.41) is 14.7. The van der Waals surface area contributed by atoms with E-state index in [0.717, 1.165) is 0 Å². The number of rotatable bonds is 4. The Balaban J connectivity index is 2.51. The topological polar surface area (TPSA) is 119 Å². The van der Waals surface area contributed by atoms with Crippen molar-refractivity contribution in [3.63, 3.8) is 0 Å². The minimum atomic E-state index is -0.582. The molecule has 1 aromatic heterocycles. The molecule has 4 N–H and O–H groups in total. The second-order valence-electron chi connectivity index (χ2n) is 3.98. The summed E-state index contributed by atoms with van der Waals surface area (Å²) >= 11 is 11.8. The van der Waals surface area contributed by atoms with Crippen molar-refractivity contribution in [2.24, 2.45) is 5.84 Å². The molecule has 0 spiro atoms. The van der Waals surface area contributed by atoms with Crippen LogP contribution in [0.5, 0.6) is 0 Å². The monoisotopic (exact) mass is 328 g/mol. The van der Waals surface area contributed by atoms with E-state index >= 15 is 0 Å². The summed E-state index contributed by atoms with van der Waals surface area (Å²) in [6.45, 7) is 1.48. The second-order valence-corrected chi connectivity index (χ2v) is 4.82.